The van der Waals surface area contributed by atoms with E-state index in [4.69, 9.17) is 5.73 Å². The van der Waals surface area contributed by atoms with Gasteiger partial charge in [-0.05, 0) is 6.92 Å². The summed E-state index contributed by atoms with van der Waals surface area (Å²) >= 11 is 1.60. The Hall–Kier alpha value is -1.43. The van der Waals surface area contributed by atoms with Crippen LogP contribution < -0.4 is 5.73 Å². The summed E-state index contributed by atoms with van der Waals surface area (Å²) in [6.45, 7) is 2.56. The third-order valence-electron chi connectivity index (χ3n) is 1.50. The van der Waals surface area contributed by atoms with Gasteiger partial charge >= 0.3 is 0 Å². The van der Waals surface area contributed by atoms with Crippen molar-refractivity contribution in [2.24, 2.45) is 0 Å². The predicted octanol–water partition coefficient (Wildman–Crippen LogP) is 0.674. The van der Waals surface area contributed by atoms with Crippen LogP contribution in [0.2, 0.25) is 0 Å². The molecule has 0 amide bonds. The molecule has 0 saturated carbocycles. The number of thiazole rings is 1. The standard InChI is InChI=1S/C7H9N5S/c1-5-4-13-7(10-5)3-12-9-2-6(8)11-12/h2,4H,3H2,1H3,(H2,8,11). The Morgan fingerprint density at radius 2 is 2.46 bits per heavy atom. The van der Waals surface area contributed by atoms with Crippen LogP contribution in [0, 0.1) is 6.92 Å². The minimum Gasteiger partial charge on any atom is -0.381 e. The minimum absolute atomic E-state index is 0.438. The van der Waals surface area contributed by atoms with Crippen LogP contribution in [-0.4, -0.2) is 20.0 Å². The van der Waals surface area contributed by atoms with E-state index < -0.39 is 0 Å². The molecule has 2 N–H and O–H groups in total. The predicted molar refractivity (Wildman–Crippen MR) is 50.4 cm³/mol. The molecular formula is C7H9N5S. The van der Waals surface area contributed by atoms with Gasteiger partial charge in [0.05, 0.1) is 6.20 Å². The van der Waals surface area contributed by atoms with Gasteiger partial charge in [-0.1, -0.05) is 0 Å². The highest BCUT2D eigenvalue weighted by molar-refractivity contribution is 7.09. The van der Waals surface area contributed by atoms with Gasteiger partial charge in [-0.25, -0.2) is 4.98 Å². The lowest BCUT2D eigenvalue weighted by molar-refractivity contribution is 0.590. The lowest BCUT2D eigenvalue weighted by atomic mass is 10.6. The van der Waals surface area contributed by atoms with Crippen molar-refractivity contribution in [2.75, 3.05) is 5.73 Å². The fourth-order valence-corrected chi connectivity index (χ4v) is 1.73. The second kappa shape index (κ2) is 3.14. The molecule has 0 saturated heterocycles. The first-order valence-corrected chi connectivity index (χ1v) is 4.68. The van der Waals surface area contributed by atoms with Gasteiger partial charge in [0.15, 0.2) is 5.82 Å². The Morgan fingerprint density at radius 1 is 1.62 bits per heavy atom. The smallest absolute Gasteiger partial charge is 0.165 e. The van der Waals surface area contributed by atoms with E-state index >= 15 is 0 Å². The molecule has 0 aliphatic rings. The number of nitrogens with two attached hydrogens (primary N) is 1. The normalized spacial score (nSPS) is 10.5. The zero-order valence-electron chi connectivity index (χ0n) is 7.14. The van der Waals surface area contributed by atoms with Crippen molar-refractivity contribution >= 4 is 17.2 Å². The number of nitrogens with zero attached hydrogens (tertiary/aromatic N) is 4. The first kappa shape index (κ1) is 8.18. The van der Waals surface area contributed by atoms with E-state index in [1.807, 2.05) is 12.3 Å². The summed E-state index contributed by atoms with van der Waals surface area (Å²) in [5.74, 6) is 0.438. The molecule has 0 spiro atoms. The summed E-state index contributed by atoms with van der Waals surface area (Å²) in [6, 6.07) is 0. The first-order valence-electron chi connectivity index (χ1n) is 3.80. The summed E-state index contributed by atoms with van der Waals surface area (Å²) in [7, 11) is 0. The monoisotopic (exact) mass is 195 g/mol. The molecule has 2 heterocycles. The third kappa shape index (κ3) is 1.83. The van der Waals surface area contributed by atoms with E-state index in [9.17, 15) is 0 Å². The van der Waals surface area contributed by atoms with Crippen LogP contribution in [0.4, 0.5) is 5.82 Å². The Kier molecular flexibility index (Phi) is 1.97. The van der Waals surface area contributed by atoms with E-state index in [1.54, 1.807) is 11.3 Å². The Balaban J connectivity index is 2.14. The van der Waals surface area contributed by atoms with Gasteiger partial charge in [-0.2, -0.15) is 9.90 Å². The van der Waals surface area contributed by atoms with E-state index in [0.29, 0.717) is 12.4 Å². The largest absolute Gasteiger partial charge is 0.381 e. The number of aromatic nitrogens is 4. The van der Waals surface area contributed by atoms with Gasteiger partial charge in [0.1, 0.15) is 11.6 Å². The molecule has 2 aromatic rings. The first-order chi connectivity index (χ1) is 6.24. The average Bonchev–Trinajstić information content (AvgIpc) is 2.62. The van der Waals surface area contributed by atoms with Crippen LogP contribution in [0.5, 0.6) is 0 Å². The van der Waals surface area contributed by atoms with Crippen molar-refractivity contribution in [1.82, 2.24) is 20.0 Å². The summed E-state index contributed by atoms with van der Waals surface area (Å²) in [6.07, 6.45) is 1.53. The topological polar surface area (TPSA) is 69.6 Å². The van der Waals surface area contributed by atoms with Crippen molar-refractivity contribution < 1.29 is 0 Å². The molecule has 0 aliphatic carbocycles. The molecule has 0 aliphatic heterocycles. The average molecular weight is 195 g/mol. The highest BCUT2D eigenvalue weighted by Crippen LogP contribution is 2.09. The van der Waals surface area contributed by atoms with Crippen molar-refractivity contribution in [3.63, 3.8) is 0 Å². The molecule has 13 heavy (non-hydrogen) atoms. The Labute approximate surface area is 79.2 Å². The second-order valence-electron chi connectivity index (χ2n) is 2.68. The maximum absolute atomic E-state index is 5.43. The quantitative estimate of drug-likeness (QED) is 0.764. The number of hydrogen-bond donors (Lipinski definition) is 1. The van der Waals surface area contributed by atoms with E-state index in [-0.39, 0.29) is 0 Å². The molecule has 0 radical (unpaired) electrons. The van der Waals surface area contributed by atoms with Crippen LogP contribution in [0.1, 0.15) is 10.7 Å². The maximum Gasteiger partial charge on any atom is 0.165 e. The van der Waals surface area contributed by atoms with Crippen molar-refractivity contribution in [2.45, 2.75) is 13.5 Å². The van der Waals surface area contributed by atoms with Gasteiger partial charge in [0.2, 0.25) is 0 Å². The van der Waals surface area contributed by atoms with Gasteiger partial charge in [-0.3, -0.25) is 0 Å². The van der Waals surface area contributed by atoms with Crippen LogP contribution >= 0.6 is 11.3 Å². The summed E-state index contributed by atoms with van der Waals surface area (Å²) < 4.78 is 0. The molecule has 6 heteroatoms. The fraction of sp³-hybridized carbons (Fsp3) is 0.286. The van der Waals surface area contributed by atoms with E-state index in [1.165, 1.54) is 11.0 Å². The Bertz CT molecular complexity index is 366. The van der Waals surface area contributed by atoms with Gasteiger partial charge < -0.3 is 5.73 Å². The van der Waals surface area contributed by atoms with Gasteiger partial charge in [-0.15, -0.1) is 16.4 Å². The highest BCUT2D eigenvalue weighted by atomic mass is 32.1. The molecule has 0 atom stereocenters. The number of rotatable bonds is 2. The maximum atomic E-state index is 5.43. The van der Waals surface area contributed by atoms with Gasteiger partial charge in [0.25, 0.3) is 0 Å². The molecule has 2 rings (SSSR count). The lowest BCUT2D eigenvalue weighted by Crippen LogP contribution is -2.03. The molecule has 68 valence electrons. The second-order valence-corrected chi connectivity index (χ2v) is 3.63. The number of aryl methyl sites for hydroxylation is 1. The molecule has 0 aromatic carbocycles. The molecule has 0 bridgehead atoms. The van der Waals surface area contributed by atoms with Crippen molar-refractivity contribution in [1.29, 1.82) is 0 Å². The van der Waals surface area contributed by atoms with E-state index in [2.05, 4.69) is 15.2 Å². The Morgan fingerprint density at radius 3 is 3.00 bits per heavy atom. The summed E-state index contributed by atoms with van der Waals surface area (Å²) in [4.78, 5) is 5.83. The minimum atomic E-state index is 0.438. The van der Waals surface area contributed by atoms with Crippen LogP contribution in [0.15, 0.2) is 11.6 Å². The zero-order chi connectivity index (χ0) is 9.26. The van der Waals surface area contributed by atoms with Crippen molar-refractivity contribution in [3.8, 4) is 0 Å². The summed E-state index contributed by atoms with van der Waals surface area (Å²) in [5.41, 5.74) is 6.45. The van der Waals surface area contributed by atoms with Crippen molar-refractivity contribution in [3.05, 3.63) is 22.3 Å². The zero-order valence-corrected chi connectivity index (χ0v) is 7.95. The third-order valence-corrected chi connectivity index (χ3v) is 2.45. The molecule has 5 nitrogen and oxygen atoms in total. The SMILES string of the molecule is Cc1csc(Cn2ncc(N)n2)n1. The van der Waals surface area contributed by atoms with Crippen LogP contribution in [0.25, 0.3) is 0 Å². The molecule has 0 fully saturated rings. The van der Waals surface area contributed by atoms with Gasteiger partial charge in [0, 0.05) is 11.1 Å². The lowest BCUT2D eigenvalue weighted by Gasteiger charge is -1.93. The fourth-order valence-electron chi connectivity index (χ4n) is 0.983. The number of anilines is 1. The molecule has 0 unspecified atom stereocenters. The molecular weight excluding hydrogens is 186 g/mol. The van der Waals surface area contributed by atoms with E-state index in [0.717, 1.165) is 10.7 Å². The highest BCUT2D eigenvalue weighted by Gasteiger charge is 2.01. The molecule has 2 aromatic heterocycles. The summed E-state index contributed by atoms with van der Waals surface area (Å²) in [5, 5.41) is 10.9. The van der Waals surface area contributed by atoms with Crippen LogP contribution in [0.3, 0.4) is 0 Å². The number of hydrogen-bond acceptors (Lipinski definition) is 5. The van der Waals surface area contributed by atoms with Crippen LogP contribution in [-0.2, 0) is 6.54 Å². The number of nitrogen functional groups attached to an aromatic ring is 1.